The number of nitrogens with zero attached hydrogens (tertiary/aromatic N) is 2. The lowest BCUT2D eigenvalue weighted by Gasteiger charge is -2.15. The van der Waals surface area contributed by atoms with Crippen molar-refractivity contribution < 1.29 is 19.1 Å². The van der Waals surface area contributed by atoms with E-state index in [9.17, 15) is 14.4 Å². The summed E-state index contributed by atoms with van der Waals surface area (Å²) < 4.78 is 5.25. The van der Waals surface area contributed by atoms with Gasteiger partial charge >= 0.3 is 6.03 Å². The van der Waals surface area contributed by atoms with Crippen LogP contribution < -0.4 is 15.4 Å². The average Bonchev–Trinajstić information content (AvgIpc) is 2.95. The molecule has 8 heteroatoms. The van der Waals surface area contributed by atoms with Crippen LogP contribution in [0.25, 0.3) is 0 Å². The van der Waals surface area contributed by atoms with E-state index in [1.165, 1.54) is 7.11 Å². The molecule has 2 aromatic rings. The predicted molar refractivity (Wildman–Crippen MR) is 96.6 cm³/mol. The quantitative estimate of drug-likeness (QED) is 0.716. The Bertz CT molecular complexity index is 841. The fourth-order valence-electron chi connectivity index (χ4n) is 2.83. The van der Waals surface area contributed by atoms with Gasteiger partial charge in [-0.1, -0.05) is 18.2 Å². The summed E-state index contributed by atoms with van der Waals surface area (Å²) in [6, 6.07) is 9.36. The van der Waals surface area contributed by atoms with Crippen LogP contribution in [0.4, 0.5) is 4.79 Å². The molecule has 1 aromatic heterocycles. The molecule has 27 heavy (non-hydrogen) atoms. The van der Waals surface area contributed by atoms with E-state index in [2.05, 4.69) is 15.6 Å². The van der Waals surface area contributed by atoms with Crippen molar-refractivity contribution >= 4 is 17.8 Å². The third-order valence-electron chi connectivity index (χ3n) is 4.26. The molecule has 0 bridgehead atoms. The molecule has 1 fully saturated rings. The molecule has 8 nitrogen and oxygen atoms in total. The van der Waals surface area contributed by atoms with Crippen LogP contribution in [0, 0.1) is 0 Å². The number of urea groups is 1. The number of pyridine rings is 1. The zero-order valence-corrected chi connectivity index (χ0v) is 14.8. The molecule has 1 aliphatic rings. The topological polar surface area (TPSA) is 101 Å². The van der Waals surface area contributed by atoms with Gasteiger partial charge in [-0.3, -0.25) is 19.5 Å². The first-order valence-corrected chi connectivity index (χ1v) is 8.48. The maximum Gasteiger partial charge on any atom is 0.325 e. The number of hydrogen-bond acceptors (Lipinski definition) is 5. The highest BCUT2D eigenvalue weighted by Crippen LogP contribution is 2.21. The Kier molecular flexibility index (Phi) is 5.65. The van der Waals surface area contributed by atoms with Crippen molar-refractivity contribution in [3.05, 3.63) is 59.9 Å². The van der Waals surface area contributed by atoms with E-state index in [0.29, 0.717) is 17.9 Å². The Labute approximate surface area is 156 Å². The Balaban J connectivity index is 1.58. The zero-order chi connectivity index (χ0) is 19.2. The minimum absolute atomic E-state index is 0.0871. The fourth-order valence-corrected chi connectivity index (χ4v) is 2.83. The lowest BCUT2D eigenvalue weighted by Crippen LogP contribution is -2.36. The van der Waals surface area contributed by atoms with E-state index in [1.54, 1.807) is 42.7 Å². The van der Waals surface area contributed by atoms with Crippen molar-refractivity contribution in [1.82, 2.24) is 20.5 Å². The number of aromatic nitrogens is 1. The molecule has 2 heterocycles. The van der Waals surface area contributed by atoms with Crippen LogP contribution in [0.15, 0.2) is 48.8 Å². The lowest BCUT2D eigenvalue weighted by molar-refractivity contribution is -0.131. The standard InChI is InChI=1S/C19H20N4O4/c1-27-16-5-3-2-4-14(16)12-23-18(25)15(22-19(23)26)10-17(24)21-11-13-6-8-20-9-7-13/h2-9,15H,10-12H2,1H3,(H,21,24)(H,22,26)/t15-/m1/s1. The van der Waals surface area contributed by atoms with Gasteiger partial charge in [0.05, 0.1) is 20.1 Å². The molecule has 0 unspecified atom stereocenters. The van der Waals surface area contributed by atoms with Crippen LogP contribution in [0.3, 0.4) is 0 Å². The normalized spacial score (nSPS) is 16.2. The van der Waals surface area contributed by atoms with E-state index in [4.69, 9.17) is 4.74 Å². The average molecular weight is 368 g/mol. The minimum atomic E-state index is -0.871. The summed E-state index contributed by atoms with van der Waals surface area (Å²) in [6.45, 7) is 0.422. The van der Waals surface area contributed by atoms with Gasteiger partial charge in [0.15, 0.2) is 0 Å². The Morgan fingerprint density at radius 1 is 1.22 bits per heavy atom. The van der Waals surface area contributed by atoms with Gasteiger partial charge in [-0.15, -0.1) is 0 Å². The highest BCUT2D eigenvalue weighted by atomic mass is 16.5. The molecule has 4 amide bonds. The molecule has 1 aromatic carbocycles. The largest absolute Gasteiger partial charge is 0.496 e. The van der Waals surface area contributed by atoms with Gasteiger partial charge in [0, 0.05) is 24.5 Å². The summed E-state index contributed by atoms with van der Waals surface area (Å²) in [5.41, 5.74) is 1.62. The minimum Gasteiger partial charge on any atom is -0.496 e. The predicted octanol–water partition coefficient (Wildman–Crippen LogP) is 1.22. The van der Waals surface area contributed by atoms with Gasteiger partial charge in [0.2, 0.25) is 5.91 Å². The molecular formula is C19H20N4O4. The maximum atomic E-state index is 12.5. The van der Waals surface area contributed by atoms with E-state index < -0.39 is 18.0 Å². The van der Waals surface area contributed by atoms with E-state index >= 15 is 0 Å². The first-order chi connectivity index (χ1) is 13.1. The molecule has 2 N–H and O–H groups in total. The van der Waals surface area contributed by atoms with Crippen LogP contribution in [-0.2, 0) is 22.7 Å². The number of rotatable bonds is 7. The number of ether oxygens (including phenoxy) is 1. The van der Waals surface area contributed by atoms with Crippen molar-refractivity contribution in [2.45, 2.75) is 25.6 Å². The van der Waals surface area contributed by atoms with Gasteiger partial charge in [-0.2, -0.15) is 0 Å². The van der Waals surface area contributed by atoms with Crippen LogP contribution in [-0.4, -0.2) is 40.9 Å². The summed E-state index contributed by atoms with van der Waals surface area (Å²) in [5.74, 6) is -0.147. The van der Waals surface area contributed by atoms with Crippen molar-refractivity contribution in [3.8, 4) is 5.75 Å². The van der Waals surface area contributed by atoms with Crippen LogP contribution >= 0.6 is 0 Å². The van der Waals surface area contributed by atoms with E-state index in [-0.39, 0.29) is 18.9 Å². The Morgan fingerprint density at radius 2 is 1.96 bits per heavy atom. The molecule has 3 rings (SSSR count). The number of benzene rings is 1. The number of methoxy groups -OCH3 is 1. The molecule has 0 spiro atoms. The SMILES string of the molecule is COc1ccccc1CN1C(=O)N[C@H](CC(=O)NCc2ccncc2)C1=O. The first-order valence-electron chi connectivity index (χ1n) is 8.48. The number of carbonyl (C=O) groups excluding carboxylic acids is 3. The summed E-state index contributed by atoms with van der Waals surface area (Å²) in [5, 5.41) is 5.30. The number of para-hydroxylation sites is 1. The van der Waals surface area contributed by atoms with Crippen LogP contribution in [0.5, 0.6) is 5.75 Å². The van der Waals surface area contributed by atoms with Crippen LogP contribution in [0.2, 0.25) is 0 Å². The number of nitrogens with one attached hydrogen (secondary N) is 2. The van der Waals surface area contributed by atoms with Crippen molar-refractivity contribution in [2.75, 3.05) is 7.11 Å². The Morgan fingerprint density at radius 3 is 2.70 bits per heavy atom. The van der Waals surface area contributed by atoms with Crippen LogP contribution in [0.1, 0.15) is 17.5 Å². The van der Waals surface area contributed by atoms with Gasteiger partial charge < -0.3 is 15.4 Å². The van der Waals surface area contributed by atoms with E-state index in [1.807, 2.05) is 6.07 Å². The first kappa shape index (κ1) is 18.4. The summed E-state index contributed by atoms with van der Waals surface area (Å²) in [7, 11) is 1.53. The molecule has 0 radical (unpaired) electrons. The number of amides is 4. The highest BCUT2D eigenvalue weighted by molar-refractivity contribution is 6.05. The summed E-state index contributed by atoms with van der Waals surface area (Å²) in [6.07, 6.45) is 3.16. The second-order valence-corrected chi connectivity index (χ2v) is 6.07. The summed E-state index contributed by atoms with van der Waals surface area (Å²) >= 11 is 0. The highest BCUT2D eigenvalue weighted by Gasteiger charge is 2.39. The molecule has 140 valence electrons. The van der Waals surface area contributed by atoms with Crippen molar-refractivity contribution in [2.24, 2.45) is 0 Å². The molecule has 1 aliphatic heterocycles. The second kappa shape index (κ2) is 8.31. The third kappa shape index (κ3) is 4.41. The summed E-state index contributed by atoms with van der Waals surface area (Å²) in [4.78, 5) is 41.8. The fraction of sp³-hybridized carbons (Fsp3) is 0.263. The smallest absolute Gasteiger partial charge is 0.325 e. The molecule has 0 aliphatic carbocycles. The van der Waals surface area contributed by atoms with Crippen molar-refractivity contribution in [1.29, 1.82) is 0 Å². The maximum absolute atomic E-state index is 12.5. The van der Waals surface area contributed by atoms with Gasteiger partial charge in [0.25, 0.3) is 5.91 Å². The molecule has 1 saturated heterocycles. The number of hydrogen-bond donors (Lipinski definition) is 2. The van der Waals surface area contributed by atoms with Crippen molar-refractivity contribution in [3.63, 3.8) is 0 Å². The second-order valence-electron chi connectivity index (χ2n) is 6.07. The third-order valence-corrected chi connectivity index (χ3v) is 4.26. The molecular weight excluding hydrogens is 348 g/mol. The molecule has 1 atom stereocenters. The van der Waals surface area contributed by atoms with Gasteiger partial charge in [0.1, 0.15) is 11.8 Å². The van der Waals surface area contributed by atoms with Gasteiger partial charge in [-0.05, 0) is 23.8 Å². The lowest BCUT2D eigenvalue weighted by atomic mass is 10.1. The Hall–Kier alpha value is -3.42. The molecule has 0 saturated carbocycles. The number of imide groups is 1. The number of carbonyl (C=O) groups is 3. The monoisotopic (exact) mass is 368 g/mol. The van der Waals surface area contributed by atoms with Gasteiger partial charge in [-0.25, -0.2) is 4.79 Å². The van der Waals surface area contributed by atoms with E-state index in [0.717, 1.165) is 10.5 Å². The zero-order valence-electron chi connectivity index (χ0n) is 14.8.